The molecule has 0 aromatic heterocycles. The molecular formula is C22H22N2O5. The van der Waals surface area contributed by atoms with E-state index in [2.05, 4.69) is 11.9 Å². The normalized spacial score (nSPS) is 16.5. The maximum atomic E-state index is 13.0. The van der Waals surface area contributed by atoms with Crippen LogP contribution < -0.4 is 24.4 Å². The number of nitrogens with zero attached hydrogens (tertiary/aromatic N) is 1. The van der Waals surface area contributed by atoms with Crippen molar-refractivity contribution in [2.24, 2.45) is 5.41 Å². The van der Waals surface area contributed by atoms with Crippen LogP contribution in [0.4, 0.5) is 11.4 Å². The van der Waals surface area contributed by atoms with Gasteiger partial charge in [-0.2, -0.15) is 0 Å². The Kier molecular flexibility index (Phi) is 4.66. The predicted molar refractivity (Wildman–Crippen MR) is 109 cm³/mol. The van der Waals surface area contributed by atoms with Crippen LogP contribution in [0.1, 0.15) is 24.2 Å². The number of benzene rings is 2. The molecule has 0 fully saturated rings. The van der Waals surface area contributed by atoms with Gasteiger partial charge in [-0.3, -0.25) is 9.59 Å². The number of carbonyl (C=O) groups is 2. The summed E-state index contributed by atoms with van der Waals surface area (Å²) in [6, 6.07) is 10.3. The van der Waals surface area contributed by atoms with Crippen molar-refractivity contribution in [1.29, 1.82) is 0 Å². The fourth-order valence-electron chi connectivity index (χ4n) is 3.27. The Hall–Kier alpha value is -3.48. The van der Waals surface area contributed by atoms with Gasteiger partial charge in [0.1, 0.15) is 12.4 Å². The molecule has 0 atom stereocenters. The van der Waals surface area contributed by atoms with Gasteiger partial charge >= 0.3 is 0 Å². The Labute approximate surface area is 168 Å². The third-order valence-electron chi connectivity index (χ3n) is 4.87. The third-order valence-corrected chi connectivity index (χ3v) is 4.87. The Balaban J connectivity index is 1.62. The van der Waals surface area contributed by atoms with E-state index in [4.69, 9.17) is 14.2 Å². The molecule has 0 bridgehead atoms. The van der Waals surface area contributed by atoms with E-state index < -0.39 is 5.41 Å². The van der Waals surface area contributed by atoms with Gasteiger partial charge in [0.05, 0.1) is 11.1 Å². The molecule has 150 valence electrons. The van der Waals surface area contributed by atoms with Crippen molar-refractivity contribution >= 4 is 23.2 Å². The van der Waals surface area contributed by atoms with Crippen LogP contribution in [0.5, 0.6) is 17.2 Å². The van der Waals surface area contributed by atoms with E-state index in [1.165, 1.54) is 0 Å². The second-order valence-electron chi connectivity index (χ2n) is 7.58. The number of rotatable bonds is 4. The molecule has 7 heteroatoms. The monoisotopic (exact) mass is 394 g/mol. The van der Waals surface area contributed by atoms with E-state index in [1.807, 2.05) is 13.8 Å². The standard InChI is InChI=1S/C22H22N2O5/c1-4-9-24-16-11-15(6-8-17(16)27-12-22(2,3)21(24)26)23-20(25)14-5-7-18-19(10-14)29-13-28-18/h4-8,10-11H,1,9,12-13H2,2-3H3,(H,23,25). The zero-order valence-electron chi connectivity index (χ0n) is 16.4. The maximum absolute atomic E-state index is 13.0. The summed E-state index contributed by atoms with van der Waals surface area (Å²) in [7, 11) is 0. The van der Waals surface area contributed by atoms with Gasteiger partial charge in [-0.15, -0.1) is 6.58 Å². The molecule has 1 N–H and O–H groups in total. The lowest BCUT2D eigenvalue weighted by Gasteiger charge is -2.27. The van der Waals surface area contributed by atoms with E-state index in [1.54, 1.807) is 47.4 Å². The van der Waals surface area contributed by atoms with Crippen molar-refractivity contribution < 1.29 is 23.8 Å². The molecule has 4 rings (SSSR count). The Morgan fingerprint density at radius 2 is 1.90 bits per heavy atom. The number of carbonyl (C=O) groups excluding carboxylic acids is 2. The summed E-state index contributed by atoms with van der Waals surface area (Å²) in [6.45, 7) is 8.21. The lowest BCUT2D eigenvalue weighted by molar-refractivity contribution is -0.127. The van der Waals surface area contributed by atoms with Gasteiger partial charge in [-0.25, -0.2) is 0 Å². The minimum atomic E-state index is -0.669. The summed E-state index contributed by atoms with van der Waals surface area (Å²) in [4.78, 5) is 27.3. The molecule has 0 aliphatic carbocycles. The summed E-state index contributed by atoms with van der Waals surface area (Å²) in [5.74, 6) is 1.39. The molecule has 7 nitrogen and oxygen atoms in total. The summed E-state index contributed by atoms with van der Waals surface area (Å²) < 4.78 is 16.5. The topological polar surface area (TPSA) is 77.1 Å². The molecule has 0 saturated carbocycles. The number of fused-ring (bicyclic) bond motifs is 2. The van der Waals surface area contributed by atoms with E-state index in [0.29, 0.717) is 40.7 Å². The number of amides is 2. The van der Waals surface area contributed by atoms with Crippen molar-refractivity contribution in [2.75, 3.05) is 30.2 Å². The number of hydrogen-bond acceptors (Lipinski definition) is 5. The Bertz CT molecular complexity index is 999. The minimum absolute atomic E-state index is 0.0598. The Morgan fingerprint density at radius 1 is 1.14 bits per heavy atom. The minimum Gasteiger partial charge on any atom is -0.490 e. The highest BCUT2D eigenvalue weighted by Gasteiger charge is 2.37. The summed E-state index contributed by atoms with van der Waals surface area (Å²) in [5.41, 5.74) is 0.930. The summed E-state index contributed by atoms with van der Waals surface area (Å²) in [6.07, 6.45) is 1.67. The van der Waals surface area contributed by atoms with E-state index >= 15 is 0 Å². The SMILES string of the molecule is C=CCN1C(=O)C(C)(C)COc2ccc(NC(=O)c3ccc4c(c3)OCO4)cc21. The van der Waals surface area contributed by atoms with E-state index in [0.717, 1.165) is 0 Å². The van der Waals surface area contributed by atoms with Gasteiger partial charge in [0, 0.05) is 17.8 Å². The Morgan fingerprint density at radius 3 is 2.69 bits per heavy atom. The molecule has 2 aliphatic heterocycles. The zero-order chi connectivity index (χ0) is 20.6. The van der Waals surface area contributed by atoms with Crippen LogP contribution in [0.3, 0.4) is 0 Å². The number of anilines is 2. The molecule has 2 aromatic carbocycles. The molecule has 0 spiro atoms. The van der Waals surface area contributed by atoms with Crippen LogP contribution in [0, 0.1) is 5.41 Å². The molecule has 2 amide bonds. The molecule has 0 radical (unpaired) electrons. The first kappa shape index (κ1) is 18.9. The molecule has 2 aliphatic rings. The molecule has 29 heavy (non-hydrogen) atoms. The van der Waals surface area contributed by atoms with Crippen LogP contribution in [0.25, 0.3) is 0 Å². The fraction of sp³-hybridized carbons (Fsp3) is 0.273. The lowest BCUT2D eigenvalue weighted by atomic mass is 9.93. The highest BCUT2D eigenvalue weighted by molar-refractivity contribution is 6.06. The predicted octanol–water partition coefficient (Wildman–Crippen LogP) is 3.61. The smallest absolute Gasteiger partial charge is 0.255 e. The largest absolute Gasteiger partial charge is 0.490 e. The van der Waals surface area contributed by atoms with Crippen molar-refractivity contribution in [3.05, 3.63) is 54.6 Å². The van der Waals surface area contributed by atoms with Crippen LogP contribution in [0.2, 0.25) is 0 Å². The lowest BCUT2D eigenvalue weighted by Crippen LogP contribution is -2.42. The number of nitrogens with one attached hydrogen (secondary N) is 1. The van der Waals surface area contributed by atoms with Crippen molar-refractivity contribution in [1.82, 2.24) is 0 Å². The zero-order valence-corrected chi connectivity index (χ0v) is 16.4. The van der Waals surface area contributed by atoms with Crippen LogP contribution in [-0.4, -0.2) is 31.8 Å². The molecule has 0 unspecified atom stereocenters. The fourth-order valence-corrected chi connectivity index (χ4v) is 3.27. The van der Waals surface area contributed by atoms with Crippen molar-refractivity contribution in [3.63, 3.8) is 0 Å². The average molecular weight is 394 g/mol. The molecule has 2 aromatic rings. The first-order valence-electron chi connectivity index (χ1n) is 9.30. The molecular weight excluding hydrogens is 372 g/mol. The van der Waals surface area contributed by atoms with Gasteiger partial charge < -0.3 is 24.4 Å². The first-order chi connectivity index (χ1) is 13.9. The number of hydrogen-bond donors (Lipinski definition) is 1. The highest BCUT2D eigenvalue weighted by Crippen LogP contribution is 2.38. The average Bonchev–Trinajstić information content (AvgIpc) is 3.15. The molecule has 0 saturated heterocycles. The summed E-state index contributed by atoms with van der Waals surface area (Å²) >= 11 is 0. The van der Waals surface area contributed by atoms with E-state index in [-0.39, 0.29) is 25.2 Å². The van der Waals surface area contributed by atoms with E-state index in [9.17, 15) is 9.59 Å². The second-order valence-corrected chi connectivity index (χ2v) is 7.58. The van der Waals surface area contributed by atoms with Gasteiger partial charge in [0.15, 0.2) is 11.5 Å². The molecule has 2 heterocycles. The van der Waals surface area contributed by atoms with Gasteiger partial charge in [-0.1, -0.05) is 6.08 Å². The van der Waals surface area contributed by atoms with Gasteiger partial charge in [-0.05, 0) is 50.2 Å². The summed E-state index contributed by atoms with van der Waals surface area (Å²) in [5, 5.41) is 2.86. The van der Waals surface area contributed by atoms with Gasteiger partial charge in [0.2, 0.25) is 12.7 Å². The maximum Gasteiger partial charge on any atom is 0.255 e. The highest BCUT2D eigenvalue weighted by atomic mass is 16.7. The first-order valence-corrected chi connectivity index (χ1v) is 9.30. The third kappa shape index (κ3) is 3.51. The second kappa shape index (κ2) is 7.16. The quantitative estimate of drug-likeness (QED) is 0.802. The van der Waals surface area contributed by atoms with Gasteiger partial charge in [0.25, 0.3) is 5.91 Å². The van der Waals surface area contributed by atoms with Crippen molar-refractivity contribution in [2.45, 2.75) is 13.8 Å². The van der Waals surface area contributed by atoms with Crippen LogP contribution in [-0.2, 0) is 4.79 Å². The number of ether oxygens (including phenoxy) is 3. The van der Waals surface area contributed by atoms with Crippen LogP contribution >= 0.6 is 0 Å². The van der Waals surface area contributed by atoms with Crippen molar-refractivity contribution in [3.8, 4) is 17.2 Å². The van der Waals surface area contributed by atoms with Crippen LogP contribution in [0.15, 0.2) is 49.1 Å².